The molecule has 4 heteroatoms. The van der Waals surface area contributed by atoms with E-state index in [-0.39, 0.29) is 0 Å². The highest BCUT2D eigenvalue weighted by Crippen LogP contribution is 2.46. The number of fused-ring (bicyclic) bond motifs is 9. The van der Waals surface area contributed by atoms with E-state index in [1.165, 1.54) is 116 Å². The molecule has 11 rings (SSSR count). The Bertz CT molecular complexity index is 3100. The molecule has 0 atom stereocenters. The minimum absolute atomic E-state index is 0.990. The van der Waals surface area contributed by atoms with Gasteiger partial charge in [0.2, 0.25) is 0 Å². The van der Waals surface area contributed by atoms with Crippen LogP contribution < -0.4 is 0 Å². The molecule has 2 aliphatic carbocycles. The van der Waals surface area contributed by atoms with Crippen LogP contribution in [0.5, 0.6) is 0 Å². The van der Waals surface area contributed by atoms with Gasteiger partial charge in [-0.05, 0) is 176 Å². The van der Waals surface area contributed by atoms with Crippen molar-refractivity contribution < 1.29 is 0 Å². The normalized spacial score (nSPS) is 13.5. The lowest BCUT2D eigenvalue weighted by Crippen LogP contribution is -2.06. The summed E-state index contributed by atoms with van der Waals surface area (Å²) in [6.07, 6.45) is 14.2. The first kappa shape index (κ1) is 32.9. The van der Waals surface area contributed by atoms with E-state index >= 15 is 0 Å². The van der Waals surface area contributed by atoms with Crippen LogP contribution in [0, 0.1) is 27.7 Å². The maximum Gasteiger partial charge on any atom is 0.0547 e. The van der Waals surface area contributed by atoms with E-state index in [9.17, 15) is 0 Å². The lowest BCUT2D eigenvalue weighted by molar-refractivity contribution is 0.895. The number of nitrogens with zero attached hydrogens (tertiary/aromatic N) is 4. The zero-order valence-electron chi connectivity index (χ0n) is 32.3. The molecule has 0 amide bonds. The maximum absolute atomic E-state index is 4.40. The van der Waals surface area contributed by atoms with E-state index in [1.54, 1.807) is 0 Å². The molecule has 4 heterocycles. The van der Waals surface area contributed by atoms with Crippen molar-refractivity contribution in [3.63, 3.8) is 0 Å². The lowest BCUT2D eigenvalue weighted by Gasteiger charge is -2.21. The molecule has 0 saturated carbocycles. The average Bonchev–Trinajstić information content (AvgIpc) is 3.72. The molecule has 9 aromatic rings. The topological polar surface area (TPSA) is 35.6 Å². The molecule has 0 bridgehead atoms. The van der Waals surface area contributed by atoms with Gasteiger partial charge in [0.25, 0.3) is 0 Å². The Morgan fingerprint density at radius 2 is 1.02 bits per heavy atom. The van der Waals surface area contributed by atoms with Gasteiger partial charge >= 0.3 is 0 Å². The second-order valence-corrected chi connectivity index (χ2v) is 16.0. The molecule has 270 valence electrons. The summed E-state index contributed by atoms with van der Waals surface area (Å²) in [7, 11) is 0. The third kappa shape index (κ3) is 5.05. The molecule has 0 fully saturated rings. The Morgan fingerprint density at radius 1 is 0.446 bits per heavy atom. The van der Waals surface area contributed by atoms with Crippen LogP contribution in [-0.4, -0.2) is 19.1 Å². The van der Waals surface area contributed by atoms with Crippen LogP contribution in [-0.2, 0) is 19.3 Å². The quantitative estimate of drug-likeness (QED) is 0.181. The van der Waals surface area contributed by atoms with Crippen molar-refractivity contribution in [3.8, 4) is 33.6 Å². The van der Waals surface area contributed by atoms with Crippen molar-refractivity contribution >= 4 is 44.4 Å². The Labute approximate surface area is 327 Å². The first-order valence-electron chi connectivity index (χ1n) is 19.9. The predicted molar refractivity (Wildman–Crippen MR) is 233 cm³/mol. The number of pyridine rings is 2. The molecule has 2 aliphatic rings. The standard InChI is InChI=1S/C52H42N4/c1-31-5-7-33(3)41(23-31)35-11-13-49-45(25-35)47-27-37-9-10-38-28-48-46-26-36(42-24-32(2)6-8-34(42)4)12-14-50(46)56(40-17-21-54-22-18-40)52(48)30-44(38)43(37)29-51(47)55(49)39-15-19-53-20-16-39/h5-8,11,13,15-30H,9-10,12,14H2,1-4H3. The highest BCUT2D eigenvalue weighted by atomic mass is 15.0. The second-order valence-electron chi connectivity index (χ2n) is 16.0. The third-order valence-electron chi connectivity index (χ3n) is 12.5. The van der Waals surface area contributed by atoms with Gasteiger partial charge in [-0.2, -0.15) is 0 Å². The summed E-state index contributed by atoms with van der Waals surface area (Å²) in [6.45, 7) is 8.84. The lowest BCUT2D eigenvalue weighted by atomic mass is 9.83. The molecular formula is C52H42N4. The smallest absolute Gasteiger partial charge is 0.0547 e. The summed E-state index contributed by atoms with van der Waals surface area (Å²) in [4.78, 5) is 8.78. The maximum atomic E-state index is 4.40. The van der Waals surface area contributed by atoms with Crippen LogP contribution in [0.3, 0.4) is 0 Å². The summed E-state index contributed by atoms with van der Waals surface area (Å²) in [5, 5.41) is 3.92. The summed E-state index contributed by atoms with van der Waals surface area (Å²) in [5.41, 5.74) is 24.8. The molecule has 0 saturated heterocycles. The van der Waals surface area contributed by atoms with Crippen LogP contribution in [0.4, 0.5) is 0 Å². The van der Waals surface area contributed by atoms with E-state index < -0.39 is 0 Å². The third-order valence-corrected chi connectivity index (χ3v) is 12.5. The van der Waals surface area contributed by atoms with Gasteiger partial charge in [0, 0.05) is 63.6 Å². The molecule has 5 aromatic carbocycles. The van der Waals surface area contributed by atoms with Gasteiger partial charge in [0.05, 0.1) is 16.6 Å². The molecule has 4 nitrogen and oxygen atoms in total. The molecule has 0 unspecified atom stereocenters. The van der Waals surface area contributed by atoms with Crippen LogP contribution in [0.2, 0.25) is 0 Å². The largest absolute Gasteiger partial charge is 0.313 e. The average molecular weight is 723 g/mol. The van der Waals surface area contributed by atoms with Gasteiger partial charge in [-0.1, -0.05) is 53.6 Å². The van der Waals surface area contributed by atoms with Gasteiger partial charge < -0.3 is 9.13 Å². The van der Waals surface area contributed by atoms with Crippen molar-refractivity contribution in [1.82, 2.24) is 19.1 Å². The fourth-order valence-electron chi connectivity index (χ4n) is 9.72. The number of rotatable bonds is 4. The van der Waals surface area contributed by atoms with E-state index in [0.717, 1.165) is 31.4 Å². The molecule has 0 aliphatic heterocycles. The Kier molecular flexibility index (Phi) is 7.34. The Hall–Kier alpha value is -6.52. The summed E-state index contributed by atoms with van der Waals surface area (Å²) < 4.78 is 4.95. The number of hydrogen-bond donors (Lipinski definition) is 0. The highest BCUT2D eigenvalue weighted by molar-refractivity contribution is 6.12. The van der Waals surface area contributed by atoms with Gasteiger partial charge in [0.15, 0.2) is 0 Å². The number of aryl methyl sites for hydroxylation is 6. The van der Waals surface area contributed by atoms with E-state index in [0.29, 0.717) is 0 Å². The molecule has 0 radical (unpaired) electrons. The van der Waals surface area contributed by atoms with E-state index in [2.05, 4.69) is 156 Å². The van der Waals surface area contributed by atoms with Gasteiger partial charge in [-0.15, -0.1) is 0 Å². The molecule has 56 heavy (non-hydrogen) atoms. The zero-order chi connectivity index (χ0) is 37.7. The van der Waals surface area contributed by atoms with Crippen molar-refractivity contribution in [3.05, 3.63) is 178 Å². The van der Waals surface area contributed by atoms with Crippen LogP contribution >= 0.6 is 0 Å². The van der Waals surface area contributed by atoms with Gasteiger partial charge in [-0.3, -0.25) is 9.97 Å². The van der Waals surface area contributed by atoms with Crippen LogP contribution in [0.15, 0.2) is 128 Å². The van der Waals surface area contributed by atoms with Crippen molar-refractivity contribution in [1.29, 1.82) is 0 Å². The molecule has 0 spiro atoms. The predicted octanol–water partition coefficient (Wildman–Crippen LogP) is 12.7. The van der Waals surface area contributed by atoms with Crippen molar-refractivity contribution in [2.75, 3.05) is 0 Å². The molecule has 4 aromatic heterocycles. The summed E-state index contributed by atoms with van der Waals surface area (Å²) >= 11 is 0. The Morgan fingerprint density at radius 3 is 1.70 bits per heavy atom. The van der Waals surface area contributed by atoms with Gasteiger partial charge in [0.1, 0.15) is 0 Å². The van der Waals surface area contributed by atoms with Crippen LogP contribution in [0.1, 0.15) is 56.6 Å². The molecule has 0 N–H and O–H groups in total. The Balaban J connectivity index is 1.15. The number of benzene rings is 5. The monoisotopic (exact) mass is 722 g/mol. The van der Waals surface area contributed by atoms with E-state index in [4.69, 9.17) is 0 Å². The fourth-order valence-corrected chi connectivity index (χ4v) is 9.72. The minimum Gasteiger partial charge on any atom is -0.313 e. The fraction of sp³-hybridized carbons (Fsp3) is 0.154. The van der Waals surface area contributed by atoms with Crippen molar-refractivity contribution in [2.45, 2.75) is 53.4 Å². The first-order valence-corrected chi connectivity index (χ1v) is 19.9. The number of hydrogen-bond acceptors (Lipinski definition) is 2. The number of aromatic nitrogens is 4. The van der Waals surface area contributed by atoms with E-state index in [1.807, 2.05) is 24.8 Å². The van der Waals surface area contributed by atoms with Gasteiger partial charge in [-0.25, -0.2) is 0 Å². The van der Waals surface area contributed by atoms with Crippen LogP contribution in [0.25, 0.3) is 78.0 Å². The number of allylic oxidation sites excluding steroid dienone is 1. The summed E-state index contributed by atoms with van der Waals surface area (Å²) in [6, 6.07) is 39.2. The first-order chi connectivity index (χ1) is 27.4. The zero-order valence-corrected chi connectivity index (χ0v) is 32.3. The molecular weight excluding hydrogens is 681 g/mol. The minimum atomic E-state index is 0.990. The summed E-state index contributed by atoms with van der Waals surface area (Å²) in [5.74, 6) is 0. The SMILES string of the molecule is Cc1ccc(C)c(C2=Cc3c(n(-c4ccncc4)c4cc5c(cc34)CCc3cc4c6cc(-c7cc(C)ccc7C)ccc6n(-c6ccncc6)c4cc3-5)CC2)c1. The van der Waals surface area contributed by atoms with Crippen molar-refractivity contribution in [2.24, 2.45) is 0 Å². The highest BCUT2D eigenvalue weighted by Gasteiger charge is 2.27. The second kappa shape index (κ2) is 12.5.